The Labute approximate surface area is 170 Å². The van der Waals surface area contributed by atoms with Crippen molar-refractivity contribution in [3.8, 4) is 11.5 Å². The van der Waals surface area contributed by atoms with Gasteiger partial charge in [-0.2, -0.15) is 0 Å². The van der Waals surface area contributed by atoms with E-state index in [9.17, 15) is 18.4 Å². The molecule has 0 aliphatic carbocycles. The Bertz CT molecular complexity index is 1120. The Morgan fingerprint density at radius 3 is 2.50 bits per heavy atom. The fraction of sp³-hybridized carbons (Fsp3) is 0.136. The number of rotatable bonds is 6. The van der Waals surface area contributed by atoms with E-state index in [1.807, 2.05) is 0 Å². The monoisotopic (exact) mass is 409 g/mol. The zero-order valence-corrected chi connectivity index (χ0v) is 15.7. The third-order valence-corrected chi connectivity index (χ3v) is 4.60. The number of halogens is 2. The average Bonchev–Trinajstić information content (AvgIpc) is 2.71. The number of anilines is 1. The van der Waals surface area contributed by atoms with Gasteiger partial charge in [0, 0.05) is 19.0 Å². The second kappa shape index (κ2) is 8.28. The predicted octanol–water partition coefficient (Wildman–Crippen LogP) is 4.14. The van der Waals surface area contributed by atoms with Gasteiger partial charge in [0.25, 0.3) is 0 Å². The molecular weight excluding hydrogens is 392 g/mol. The number of urea groups is 1. The van der Waals surface area contributed by atoms with Crippen LogP contribution in [-0.2, 0) is 24.2 Å². The number of ketones is 1. The predicted molar refractivity (Wildman–Crippen MR) is 105 cm³/mol. The molecule has 0 bridgehead atoms. The fourth-order valence-electron chi connectivity index (χ4n) is 3.14. The first-order chi connectivity index (χ1) is 14.5. The van der Waals surface area contributed by atoms with Crippen LogP contribution in [0.3, 0.4) is 0 Å². The number of amides is 2. The van der Waals surface area contributed by atoms with Crippen LogP contribution in [0.5, 0.6) is 11.5 Å². The summed E-state index contributed by atoms with van der Waals surface area (Å²) in [5.41, 5.74) is 1.82. The van der Waals surface area contributed by atoms with Gasteiger partial charge in [0.1, 0.15) is 23.2 Å². The zero-order valence-electron chi connectivity index (χ0n) is 15.7. The molecular formula is C22H17F2N3O3. The van der Waals surface area contributed by atoms with Gasteiger partial charge in [0.05, 0.1) is 12.1 Å². The van der Waals surface area contributed by atoms with Crippen molar-refractivity contribution in [2.24, 2.45) is 0 Å². The van der Waals surface area contributed by atoms with E-state index in [-0.39, 0.29) is 42.8 Å². The molecule has 3 aromatic rings. The second-order valence-corrected chi connectivity index (χ2v) is 6.83. The van der Waals surface area contributed by atoms with Crippen LogP contribution in [0.4, 0.5) is 19.4 Å². The lowest BCUT2D eigenvalue weighted by molar-refractivity contribution is -0.117. The molecule has 0 fully saturated rings. The van der Waals surface area contributed by atoms with E-state index in [1.165, 1.54) is 30.5 Å². The van der Waals surface area contributed by atoms with Gasteiger partial charge < -0.3 is 10.1 Å². The number of hydrogen-bond acceptors (Lipinski definition) is 4. The highest BCUT2D eigenvalue weighted by atomic mass is 19.1. The number of ether oxygens (including phenoxy) is 1. The number of nitrogens with zero attached hydrogens (tertiary/aromatic N) is 1. The van der Waals surface area contributed by atoms with Crippen LogP contribution in [0.15, 0.2) is 54.7 Å². The lowest BCUT2D eigenvalue weighted by Crippen LogP contribution is -2.34. The van der Waals surface area contributed by atoms with E-state index in [4.69, 9.17) is 4.74 Å². The summed E-state index contributed by atoms with van der Waals surface area (Å²) in [4.78, 5) is 27.7. The molecule has 0 radical (unpaired) electrons. The molecule has 1 aliphatic heterocycles. The largest absolute Gasteiger partial charge is 0.454 e. The van der Waals surface area contributed by atoms with E-state index in [0.717, 1.165) is 0 Å². The van der Waals surface area contributed by atoms with Crippen molar-refractivity contribution in [1.82, 2.24) is 10.3 Å². The average molecular weight is 409 g/mol. The molecule has 1 aliphatic rings. The van der Waals surface area contributed by atoms with Crippen LogP contribution in [0.25, 0.3) is 0 Å². The molecule has 4 rings (SSSR count). The molecule has 2 N–H and O–H groups in total. The van der Waals surface area contributed by atoms with E-state index in [0.29, 0.717) is 28.3 Å². The SMILES string of the molecule is O=C(Cc1ccc(F)cc1)Cc1ccc(Oc2ccnc3c2CNC(=O)N3)c(F)c1. The maximum atomic E-state index is 14.6. The van der Waals surface area contributed by atoms with Gasteiger partial charge in [-0.3, -0.25) is 10.1 Å². The van der Waals surface area contributed by atoms with Crippen molar-refractivity contribution in [3.63, 3.8) is 0 Å². The highest BCUT2D eigenvalue weighted by molar-refractivity contribution is 5.91. The molecule has 6 nitrogen and oxygen atoms in total. The minimum absolute atomic E-state index is 0.00460. The third kappa shape index (κ3) is 4.43. The maximum absolute atomic E-state index is 14.6. The lowest BCUT2D eigenvalue weighted by atomic mass is 10.0. The molecule has 2 aromatic carbocycles. The van der Waals surface area contributed by atoms with Crippen LogP contribution in [-0.4, -0.2) is 16.8 Å². The van der Waals surface area contributed by atoms with Crippen molar-refractivity contribution in [3.05, 3.63) is 83.1 Å². The number of benzene rings is 2. The van der Waals surface area contributed by atoms with Crippen molar-refractivity contribution < 1.29 is 23.1 Å². The Hall–Kier alpha value is -3.81. The summed E-state index contributed by atoms with van der Waals surface area (Å²) in [6.07, 6.45) is 1.65. The van der Waals surface area contributed by atoms with Gasteiger partial charge in [-0.05, 0) is 41.5 Å². The minimum atomic E-state index is -0.611. The van der Waals surface area contributed by atoms with E-state index in [2.05, 4.69) is 15.6 Å². The van der Waals surface area contributed by atoms with Gasteiger partial charge in [0.15, 0.2) is 11.6 Å². The van der Waals surface area contributed by atoms with Gasteiger partial charge in [0.2, 0.25) is 0 Å². The quantitative estimate of drug-likeness (QED) is 0.641. The lowest BCUT2D eigenvalue weighted by Gasteiger charge is -2.20. The van der Waals surface area contributed by atoms with Gasteiger partial charge >= 0.3 is 6.03 Å². The van der Waals surface area contributed by atoms with Crippen LogP contribution in [0.1, 0.15) is 16.7 Å². The summed E-state index contributed by atoms with van der Waals surface area (Å²) in [5.74, 6) is -0.362. The first kappa shape index (κ1) is 19.5. The number of carbonyl (C=O) groups excluding carboxylic acids is 2. The number of carbonyl (C=O) groups is 2. The molecule has 2 amide bonds. The van der Waals surface area contributed by atoms with Crippen LogP contribution >= 0.6 is 0 Å². The Kier molecular flexibility index (Phi) is 5.38. The van der Waals surface area contributed by atoms with Crippen molar-refractivity contribution in [1.29, 1.82) is 0 Å². The normalized spacial score (nSPS) is 12.5. The molecule has 152 valence electrons. The van der Waals surface area contributed by atoms with E-state index in [1.54, 1.807) is 24.3 Å². The topological polar surface area (TPSA) is 80.3 Å². The number of fused-ring (bicyclic) bond motifs is 1. The molecule has 1 aromatic heterocycles. The number of aromatic nitrogens is 1. The Morgan fingerprint density at radius 2 is 1.73 bits per heavy atom. The Balaban J connectivity index is 1.45. The first-order valence-corrected chi connectivity index (χ1v) is 9.23. The van der Waals surface area contributed by atoms with Gasteiger partial charge in [-0.15, -0.1) is 0 Å². The highest BCUT2D eigenvalue weighted by Crippen LogP contribution is 2.32. The summed E-state index contributed by atoms with van der Waals surface area (Å²) >= 11 is 0. The first-order valence-electron chi connectivity index (χ1n) is 9.23. The molecule has 8 heteroatoms. The number of pyridine rings is 1. The summed E-state index contributed by atoms with van der Waals surface area (Å²) in [6, 6.07) is 11.2. The summed E-state index contributed by atoms with van der Waals surface area (Å²) in [6.45, 7) is 0.210. The number of nitrogens with one attached hydrogen (secondary N) is 2. The molecule has 0 atom stereocenters. The standard InChI is InChI=1S/C22H17F2N3O3/c23-15-4-1-13(2-5-15)9-16(28)10-14-3-6-20(18(24)11-14)30-19-7-8-25-21-17(19)12-26-22(29)27-21/h1-8,11H,9-10,12H2,(H2,25,26,27,29). The van der Waals surface area contributed by atoms with Crippen molar-refractivity contribution in [2.75, 3.05) is 5.32 Å². The molecule has 0 spiro atoms. The number of hydrogen-bond donors (Lipinski definition) is 2. The van der Waals surface area contributed by atoms with Crippen LogP contribution in [0.2, 0.25) is 0 Å². The molecule has 0 unspecified atom stereocenters. The number of Topliss-reactive ketones (excluding diaryl/α,β-unsaturated/α-hetero) is 1. The molecule has 30 heavy (non-hydrogen) atoms. The summed E-state index contributed by atoms with van der Waals surface area (Å²) in [7, 11) is 0. The third-order valence-electron chi connectivity index (χ3n) is 4.60. The summed E-state index contributed by atoms with van der Waals surface area (Å²) in [5, 5.41) is 5.17. The molecule has 2 heterocycles. The Morgan fingerprint density at radius 1 is 1.00 bits per heavy atom. The fourth-order valence-corrected chi connectivity index (χ4v) is 3.14. The molecule has 0 saturated carbocycles. The minimum Gasteiger partial charge on any atom is -0.454 e. The second-order valence-electron chi connectivity index (χ2n) is 6.83. The van der Waals surface area contributed by atoms with Crippen LogP contribution in [0, 0.1) is 11.6 Å². The smallest absolute Gasteiger partial charge is 0.320 e. The van der Waals surface area contributed by atoms with E-state index >= 15 is 0 Å². The molecule has 0 saturated heterocycles. The van der Waals surface area contributed by atoms with Gasteiger partial charge in [-0.1, -0.05) is 18.2 Å². The maximum Gasteiger partial charge on any atom is 0.320 e. The van der Waals surface area contributed by atoms with Crippen molar-refractivity contribution >= 4 is 17.6 Å². The summed E-state index contributed by atoms with van der Waals surface area (Å²) < 4.78 is 33.2. The van der Waals surface area contributed by atoms with Crippen molar-refractivity contribution in [2.45, 2.75) is 19.4 Å². The zero-order chi connectivity index (χ0) is 21.1. The van der Waals surface area contributed by atoms with Gasteiger partial charge in [-0.25, -0.2) is 18.6 Å². The highest BCUT2D eigenvalue weighted by Gasteiger charge is 2.20. The van der Waals surface area contributed by atoms with E-state index < -0.39 is 5.82 Å². The van der Waals surface area contributed by atoms with Crippen LogP contribution < -0.4 is 15.4 Å².